The molecule has 2 unspecified atom stereocenters. The lowest BCUT2D eigenvalue weighted by Crippen LogP contribution is -2.63. The van der Waals surface area contributed by atoms with Crippen molar-refractivity contribution in [2.24, 2.45) is 17.6 Å². The van der Waals surface area contributed by atoms with Crippen molar-refractivity contribution in [3.8, 4) is 57.1 Å². The lowest BCUT2D eigenvalue weighted by atomic mass is 9.84. The fourth-order valence-corrected chi connectivity index (χ4v) is 14.3. The molecule has 7 aliphatic heterocycles. The molecule has 35 heteroatoms. The van der Waals surface area contributed by atoms with Crippen molar-refractivity contribution in [2.45, 2.75) is 169 Å². The second kappa shape index (κ2) is 32.5. The maximum Gasteiger partial charge on any atom is 0.330 e. The number of phenolic OH excluding ortho intramolecular Hbond substituents is 3. The molecule has 5 amide bonds. The topological polar surface area (TPSA) is 521 Å². The molecule has 8 heterocycles. The highest BCUT2D eigenvalue weighted by Crippen LogP contribution is 2.50. The number of rotatable bonds is 16. The van der Waals surface area contributed by atoms with Crippen molar-refractivity contribution in [1.82, 2.24) is 41.9 Å². The number of H-pyrrole nitrogens is 1. The van der Waals surface area contributed by atoms with E-state index in [9.17, 15) is 65.4 Å². The number of hydrogen-bond donors (Lipinski definition) is 18. The van der Waals surface area contributed by atoms with Crippen molar-refractivity contribution in [1.29, 1.82) is 0 Å². The van der Waals surface area contributed by atoms with E-state index in [1.54, 1.807) is 13.1 Å². The molecule has 572 valence electrons. The zero-order valence-electron chi connectivity index (χ0n) is 58.0. The van der Waals surface area contributed by atoms with E-state index in [1.165, 1.54) is 62.8 Å². The maximum atomic E-state index is 16.4. The average molecular weight is 1530 g/mol. The molecule has 0 saturated carbocycles. The molecule has 11 bridgehead atoms. The van der Waals surface area contributed by atoms with Gasteiger partial charge in [0, 0.05) is 72.4 Å². The van der Waals surface area contributed by atoms with Gasteiger partial charge >= 0.3 is 5.97 Å². The molecule has 18 atom stereocenters. The number of hydrogen-bond acceptors (Lipinski definition) is 26. The summed E-state index contributed by atoms with van der Waals surface area (Å²) in [5.41, 5.74) is 2.82. The standard InChI is InChI=1S/C72H81Cl2N9O24/c1-28(2)12-42(76-5)68(98)82-57-45(88)16-34(19-52(75)90)66(96)80-55-33-17-49(103-47-10-7-31(59(57)91)14-40(47)73)64(107-71-62(94)61(93)60(92)51(26-84)105-71)50(18-33)104-48-11-8-32(15-41(48)74)63(106-53-23-72(4,65(95)29(3)102-53)79-25-35-24-77-27-78-35)58-69(99)81-56(70(100)101)39-20-36(85)21-44(87)54(39)38-13-30(6-9-43(38)86)37(22-46(55)89)67(97)83-58/h6-11,13-15,17-18,20-21,24,27-29,34,37,42,51,53,55-63,65,71,76,79,84-87,91-95H,12,16,19,22-23,25-26H2,1-5H3,(H2,75,90)(H,77,78)(H,80,96)(H,81,99)(H,82,98)(H,83,97)(H,100,101)/t29-,34-,37?,42+,51+,53?,55+,56+,57-,58-,59+,60+,61-,62+,63+,65-,71-,72-/m0/s1. The molecule has 2 saturated heterocycles. The quantitative estimate of drug-likeness (QED) is 0.0662. The Labute approximate surface area is 620 Å². The van der Waals surface area contributed by atoms with E-state index >= 15 is 24.0 Å². The van der Waals surface area contributed by atoms with E-state index in [1.807, 2.05) is 13.8 Å². The number of nitrogens with zero attached hydrogens (tertiary/aromatic N) is 1. The molecule has 0 spiro atoms. The summed E-state index contributed by atoms with van der Waals surface area (Å²) < 4.78 is 38.7. The molecule has 0 aliphatic carbocycles. The number of halogens is 2. The van der Waals surface area contributed by atoms with E-state index in [4.69, 9.17) is 57.4 Å². The smallest absolute Gasteiger partial charge is 0.330 e. The minimum absolute atomic E-state index is 0.0783. The number of aromatic hydroxyl groups is 3. The highest BCUT2D eigenvalue weighted by Gasteiger charge is 2.50. The van der Waals surface area contributed by atoms with Gasteiger partial charge in [0.1, 0.15) is 83.5 Å². The van der Waals surface area contributed by atoms with Crippen LogP contribution in [-0.4, -0.2) is 195 Å². The van der Waals surface area contributed by atoms with E-state index in [-0.39, 0.29) is 64.1 Å². The van der Waals surface area contributed by atoms with Gasteiger partial charge in [0.25, 0.3) is 0 Å². The number of carbonyl (C=O) groups is 8. The number of carbonyl (C=O) groups excluding carboxylic acids is 7. The van der Waals surface area contributed by atoms with E-state index in [2.05, 4.69) is 41.9 Å². The Morgan fingerprint density at radius 3 is 2.07 bits per heavy atom. The van der Waals surface area contributed by atoms with Crippen LogP contribution in [0.3, 0.4) is 0 Å². The molecule has 0 radical (unpaired) electrons. The number of ether oxygens (including phenoxy) is 6. The predicted molar refractivity (Wildman–Crippen MR) is 373 cm³/mol. The Balaban J connectivity index is 1.17. The summed E-state index contributed by atoms with van der Waals surface area (Å²) in [5, 5.41) is 130. The van der Waals surface area contributed by atoms with Crippen LogP contribution in [0, 0.1) is 11.8 Å². The van der Waals surface area contributed by atoms with Crippen LogP contribution in [0.25, 0.3) is 11.1 Å². The Bertz CT molecular complexity index is 4400. The number of likely N-dealkylation sites (N-methyl/N-ethyl adjacent to an activating group) is 1. The number of phenols is 3. The first-order valence-corrected chi connectivity index (χ1v) is 34.8. The van der Waals surface area contributed by atoms with Crippen LogP contribution in [-0.2, 0) is 59.1 Å². The van der Waals surface area contributed by atoms with Gasteiger partial charge in [-0.05, 0) is 110 Å². The fourth-order valence-electron chi connectivity index (χ4n) is 13.8. The van der Waals surface area contributed by atoms with Gasteiger partial charge in [-0.15, -0.1) is 0 Å². The largest absolute Gasteiger partial charge is 0.508 e. The van der Waals surface area contributed by atoms with Crippen molar-refractivity contribution in [3.63, 3.8) is 0 Å². The number of aliphatic hydroxyl groups is 6. The van der Waals surface area contributed by atoms with Crippen LogP contribution >= 0.6 is 23.2 Å². The average Bonchev–Trinajstić information content (AvgIpc) is 1.09. The Morgan fingerprint density at radius 2 is 1.44 bits per heavy atom. The van der Waals surface area contributed by atoms with Gasteiger partial charge in [-0.25, -0.2) is 9.78 Å². The van der Waals surface area contributed by atoms with E-state index in [0.29, 0.717) is 5.69 Å². The fraction of sp³-hybridized carbons (Fsp3) is 0.431. The molecule has 2 fully saturated rings. The van der Waals surface area contributed by atoms with Crippen molar-refractivity contribution in [2.75, 3.05) is 13.7 Å². The van der Waals surface area contributed by atoms with Gasteiger partial charge in [0.05, 0.1) is 53.1 Å². The van der Waals surface area contributed by atoms with Crippen LogP contribution in [0.15, 0.2) is 91.4 Å². The molecule has 13 rings (SSSR count). The zero-order chi connectivity index (χ0) is 77.4. The minimum Gasteiger partial charge on any atom is -0.508 e. The number of carboxylic acid groups (broad SMARTS) is 1. The summed E-state index contributed by atoms with van der Waals surface area (Å²) in [7, 11) is 1.49. The number of aliphatic carboxylic acids is 1. The number of amides is 5. The lowest BCUT2D eigenvalue weighted by Gasteiger charge is -2.46. The normalized spacial score (nSPS) is 28.6. The van der Waals surface area contributed by atoms with E-state index in [0.717, 1.165) is 36.4 Å². The van der Waals surface area contributed by atoms with Crippen LogP contribution in [0.4, 0.5) is 0 Å². The second-order valence-corrected chi connectivity index (χ2v) is 28.5. The first-order valence-electron chi connectivity index (χ1n) is 34.1. The highest BCUT2D eigenvalue weighted by molar-refractivity contribution is 6.32. The number of carboxylic acids is 1. The molecule has 5 aromatic carbocycles. The van der Waals surface area contributed by atoms with Crippen molar-refractivity contribution >= 4 is 70.3 Å². The number of fused-ring (bicyclic) bond motifs is 15. The first-order chi connectivity index (χ1) is 50.7. The summed E-state index contributed by atoms with van der Waals surface area (Å²) in [4.78, 5) is 127. The number of aromatic nitrogens is 2. The van der Waals surface area contributed by atoms with Gasteiger partial charge in [0.2, 0.25) is 41.6 Å². The summed E-state index contributed by atoms with van der Waals surface area (Å²) in [6.45, 7) is 6.03. The number of nitrogens with one attached hydrogen (secondary N) is 7. The second-order valence-electron chi connectivity index (χ2n) is 27.6. The number of imidazole rings is 1. The zero-order valence-corrected chi connectivity index (χ0v) is 59.5. The van der Waals surface area contributed by atoms with Crippen LogP contribution in [0.5, 0.6) is 46.0 Å². The third kappa shape index (κ3) is 16.9. The monoisotopic (exact) mass is 1530 g/mol. The van der Waals surface area contributed by atoms with Crippen molar-refractivity contribution < 1.29 is 118 Å². The van der Waals surface area contributed by atoms with Gasteiger partial charge < -0.3 is 122 Å². The van der Waals surface area contributed by atoms with Crippen LogP contribution < -0.4 is 51.8 Å². The van der Waals surface area contributed by atoms with Gasteiger partial charge in [-0.1, -0.05) is 55.2 Å². The summed E-state index contributed by atoms with van der Waals surface area (Å²) in [5.74, 6) is -18.5. The third-order valence-electron chi connectivity index (χ3n) is 19.6. The summed E-state index contributed by atoms with van der Waals surface area (Å²) >= 11 is 14.4. The maximum absolute atomic E-state index is 16.4. The number of aromatic amines is 1. The molecule has 33 nitrogen and oxygen atoms in total. The molecular formula is C72H81Cl2N9O24. The molecule has 6 aromatic rings. The van der Waals surface area contributed by atoms with Crippen LogP contribution in [0.2, 0.25) is 10.0 Å². The molecule has 7 aliphatic rings. The molecular weight excluding hydrogens is 1450 g/mol. The first kappa shape index (κ1) is 78.5. The van der Waals surface area contributed by atoms with E-state index < -0.39 is 238 Å². The molecule has 107 heavy (non-hydrogen) atoms. The van der Waals surface area contributed by atoms with Crippen LogP contribution in [0.1, 0.15) is 124 Å². The third-order valence-corrected chi connectivity index (χ3v) is 20.1. The number of Topliss-reactive ketones (excluding diaryl/α,β-unsaturated/α-hetero) is 2. The number of aliphatic hydroxyl groups excluding tert-OH is 6. The summed E-state index contributed by atoms with van der Waals surface area (Å²) in [6.07, 6.45) is -17.6. The molecule has 19 N–H and O–H groups in total. The minimum atomic E-state index is -2.27. The van der Waals surface area contributed by atoms with Gasteiger partial charge in [-0.3, -0.25) is 33.6 Å². The molecule has 1 aromatic heterocycles. The predicted octanol–water partition coefficient (Wildman–Crippen LogP) is 2.64. The number of ketones is 2. The van der Waals surface area contributed by atoms with Gasteiger partial charge in [-0.2, -0.15) is 0 Å². The van der Waals surface area contributed by atoms with Crippen molar-refractivity contribution in [3.05, 3.63) is 135 Å². The lowest BCUT2D eigenvalue weighted by molar-refractivity contribution is -0.277. The Kier molecular flexibility index (Phi) is 23.8. The Hall–Kier alpha value is -9.59. The highest BCUT2D eigenvalue weighted by atomic mass is 35.5. The Morgan fingerprint density at radius 1 is 0.766 bits per heavy atom. The SMILES string of the molecule is CN[C@H](CC(C)C)C(=O)N[C@H]1C(=O)C[C@@H](CC(N)=O)C(=O)N[C@H]2C(=O)CC3C(=O)N[C@H](C(=O)N[C@@H](C(=O)O)c4cc(O)cc(O)c4-c4cc3ccc4O)[C@H](OC3C[C@](C)(NCc4cnc[nH]4)[C@@H](O)[C@H](C)O3)c3ccc(c(Cl)c3)Oc3cc2cc(c3O[C@@H]2O[C@H](CO)[C@@H](O)[C@H](O)[C@H]2O)Oc2ccc(cc2Cl)[C@H]1O. The summed E-state index contributed by atoms with van der Waals surface area (Å²) in [6, 6.07) is 4.97. The number of nitrogens with two attached hydrogens (primary N) is 1. The van der Waals surface area contributed by atoms with Gasteiger partial charge in [0.15, 0.2) is 35.4 Å². The number of benzene rings is 5. The number of primary amides is 1.